The fraction of sp³-hybridized carbons (Fsp3) is 0.889. The Bertz CT molecular complexity index is 172. The molecule has 2 nitrogen and oxygen atoms in total. The molecule has 0 bridgehead atoms. The van der Waals surface area contributed by atoms with Crippen LogP contribution in [-0.2, 0) is 4.79 Å². The smallest absolute Gasteiger partial charge is 0.166 e. The van der Waals surface area contributed by atoms with Crippen molar-refractivity contribution in [1.82, 2.24) is 0 Å². The average Bonchev–Trinajstić information content (AvgIpc) is 1.81. The highest BCUT2D eigenvalue weighted by atomic mass is 16.3. The summed E-state index contributed by atoms with van der Waals surface area (Å²) >= 11 is 0. The minimum absolute atomic E-state index is 0.00981. The summed E-state index contributed by atoms with van der Waals surface area (Å²) in [6.07, 6.45) is 0.833. The van der Waals surface area contributed by atoms with Crippen molar-refractivity contribution >= 4 is 5.78 Å². The Morgan fingerprint density at radius 3 is 2.55 bits per heavy atom. The molecule has 1 fully saturated rings. The number of aliphatic hydroxyl groups excluding tert-OH is 1. The number of hydrogen-bond acceptors (Lipinski definition) is 2. The molecule has 2 unspecified atom stereocenters. The van der Waals surface area contributed by atoms with Gasteiger partial charge in [-0.25, -0.2) is 0 Å². The molecule has 0 spiro atoms. The summed E-state index contributed by atoms with van der Waals surface area (Å²) in [4.78, 5) is 11.3. The molecule has 0 radical (unpaired) electrons. The first-order valence-electron chi connectivity index (χ1n) is 4.16. The minimum atomic E-state index is -0.714. The highest BCUT2D eigenvalue weighted by molar-refractivity contribution is 5.88. The molecule has 0 aromatic rings. The lowest BCUT2D eigenvalue weighted by atomic mass is 9.70. The van der Waals surface area contributed by atoms with Crippen molar-refractivity contribution in [2.24, 2.45) is 11.3 Å². The van der Waals surface area contributed by atoms with Crippen molar-refractivity contribution in [1.29, 1.82) is 0 Å². The normalized spacial score (nSPS) is 37.3. The summed E-state index contributed by atoms with van der Waals surface area (Å²) < 4.78 is 0. The van der Waals surface area contributed by atoms with E-state index in [0.717, 1.165) is 6.42 Å². The SMILES string of the molecule is CC1CC(O)C(=O)C(C)(C)C1. The van der Waals surface area contributed by atoms with E-state index in [1.54, 1.807) is 0 Å². The number of hydrogen-bond donors (Lipinski definition) is 1. The van der Waals surface area contributed by atoms with Crippen molar-refractivity contribution in [3.05, 3.63) is 0 Å². The van der Waals surface area contributed by atoms with Gasteiger partial charge in [0, 0.05) is 5.41 Å². The summed E-state index contributed by atoms with van der Waals surface area (Å²) in [5, 5.41) is 9.33. The van der Waals surface area contributed by atoms with Crippen LogP contribution < -0.4 is 0 Å². The number of carbonyl (C=O) groups is 1. The second-order valence-electron chi connectivity index (χ2n) is 4.31. The van der Waals surface area contributed by atoms with Crippen LogP contribution in [0.3, 0.4) is 0 Å². The molecule has 0 aromatic carbocycles. The maximum Gasteiger partial charge on any atom is 0.166 e. The Balaban J connectivity index is 2.75. The molecule has 0 amide bonds. The van der Waals surface area contributed by atoms with Crippen LogP contribution in [0.1, 0.15) is 33.6 Å². The highest BCUT2D eigenvalue weighted by Crippen LogP contribution is 2.35. The van der Waals surface area contributed by atoms with E-state index in [9.17, 15) is 9.90 Å². The van der Waals surface area contributed by atoms with Crippen LogP contribution in [0.15, 0.2) is 0 Å². The predicted octanol–water partition coefficient (Wildman–Crippen LogP) is 1.37. The first kappa shape index (κ1) is 8.72. The van der Waals surface area contributed by atoms with Gasteiger partial charge in [-0.2, -0.15) is 0 Å². The van der Waals surface area contributed by atoms with Crippen molar-refractivity contribution < 1.29 is 9.90 Å². The lowest BCUT2D eigenvalue weighted by Crippen LogP contribution is -2.41. The van der Waals surface area contributed by atoms with Gasteiger partial charge >= 0.3 is 0 Å². The summed E-state index contributed by atoms with van der Waals surface area (Å²) in [6, 6.07) is 0. The maximum atomic E-state index is 11.3. The zero-order chi connectivity index (χ0) is 8.65. The largest absolute Gasteiger partial charge is 0.385 e. The standard InChI is InChI=1S/C9H16O2/c1-6-4-7(10)8(11)9(2,3)5-6/h6-7,10H,4-5H2,1-3H3. The van der Waals surface area contributed by atoms with Crippen LogP contribution in [-0.4, -0.2) is 17.0 Å². The molecular weight excluding hydrogens is 140 g/mol. The van der Waals surface area contributed by atoms with E-state index in [4.69, 9.17) is 0 Å². The molecule has 0 aromatic heterocycles. The van der Waals surface area contributed by atoms with Gasteiger partial charge in [0.1, 0.15) is 6.10 Å². The van der Waals surface area contributed by atoms with Crippen molar-refractivity contribution in [2.45, 2.75) is 39.7 Å². The minimum Gasteiger partial charge on any atom is -0.385 e. The maximum absolute atomic E-state index is 11.3. The quantitative estimate of drug-likeness (QED) is 0.575. The molecule has 0 aliphatic heterocycles. The molecule has 11 heavy (non-hydrogen) atoms. The lowest BCUT2D eigenvalue weighted by Gasteiger charge is -2.34. The third kappa shape index (κ3) is 1.62. The second-order valence-corrected chi connectivity index (χ2v) is 4.31. The number of rotatable bonds is 0. The second kappa shape index (κ2) is 2.59. The van der Waals surface area contributed by atoms with Gasteiger partial charge in [0.25, 0.3) is 0 Å². The molecular formula is C9H16O2. The highest BCUT2D eigenvalue weighted by Gasteiger charge is 2.39. The van der Waals surface area contributed by atoms with E-state index in [-0.39, 0.29) is 11.2 Å². The third-order valence-corrected chi connectivity index (χ3v) is 2.45. The number of aliphatic hydroxyl groups is 1. The van der Waals surface area contributed by atoms with Crippen LogP contribution in [0, 0.1) is 11.3 Å². The van der Waals surface area contributed by atoms with Crippen LogP contribution >= 0.6 is 0 Å². The zero-order valence-corrected chi connectivity index (χ0v) is 7.42. The molecule has 1 aliphatic carbocycles. The number of ketones is 1. The molecule has 1 saturated carbocycles. The average molecular weight is 156 g/mol. The van der Waals surface area contributed by atoms with Gasteiger partial charge in [0.2, 0.25) is 0 Å². The summed E-state index contributed by atoms with van der Waals surface area (Å²) in [5.41, 5.74) is -0.308. The van der Waals surface area contributed by atoms with Gasteiger partial charge in [-0.1, -0.05) is 20.8 Å². The van der Waals surface area contributed by atoms with Gasteiger partial charge in [-0.15, -0.1) is 0 Å². The fourth-order valence-corrected chi connectivity index (χ4v) is 1.99. The predicted molar refractivity (Wildman–Crippen MR) is 43.2 cm³/mol. The van der Waals surface area contributed by atoms with Gasteiger partial charge in [-0.3, -0.25) is 4.79 Å². The lowest BCUT2D eigenvalue weighted by molar-refractivity contribution is -0.141. The first-order valence-corrected chi connectivity index (χ1v) is 4.16. The van der Waals surface area contributed by atoms with E-state index in [1.807, 2.05) is 13.8 Å². The van der Waals surface area contributed by atoms with Crippen LogP contribution in [0.4, 0.5) is 0 Å². The first-order chi connectivity index (χ1) is 4.93. The number of Topliss-reactive ketones (excluding diaryl/α,β-unsaturated/α-hetero) is 1. The molecule has 1 aliphatic rings. The van der Waals surface area contributed by atoms with Crippen LogP contribution in [0.5, 0.6) is 0 Å². The monoisotopic (exact) mass is 156 g/mol. The Morgan fingerprint density at radius 1 is 1.55 bits per heavy atom. The van der Waals surface area contributed by atoms with E-state index in [0.29, 0.717) is 12.3 Å². The van der Waals surface area contributed by atoms with Gasteiger partial charge in [0.15, 0.2) is 5.78 Å². The third-order valence-electron chi connectivity index (χ3n) is 2.45. The van der Waals surface area contributed by atoms with Gasteiger partial charge < -0.3 is 5.11 Å². The topological polar surface area (TPSA) is 37.3 Å². The summed E-state index contributed by atoms with van der Waals surface area (Å²) in [7, 11) is 0. The van der Waals surface area contributed by atoms with Crippen molar-refractivity contribution in [3.63, 3.8) is 0 Å². The molecule has 0 saturated heterocycles. The Labute approximate surface area is 67.6 Å². The fourth-order valence-electron chi connectivity index (χ4n) is 1.99. The molecule has 1 rings (SSSR count). The van der Waals surface area contributed by atoms with E-state index in [2.05, 4.69) is 6.92 Å². The van der Waals surface area contributed by atoms with E-state index >= 15 is 0 Å². The molecule has 2 atom stereocenters. The van der Waals surface area contributed by atoms with Gasteiger partial charge in [0.05, 0.1) is 0 Å². The summed E-state index contributed by atoms with van der Waals surface area (Å²) in [6.45, 7) is 5.90. The number of carbonyl (C=O) groups excluding carboxylic acids is 1. The molecule has 64 valence electrons. The van der Waals surface area contributed by atoms with E-state index in [1.165, 1.54) is 0 Å². The van der Waals surface area contributed by atoms with Gasteiger partial charge in [-0.05, 0) is 18.8 Å². The summed E-state index contributed by atoms with van der Waals surface area (Å²) in [5.74, 6) is 0.480. The zero-order valence-electron chi connectivity index (χ0n) is 7.42. The van der Waals surface area contributed by atoms with Crippen molar-refractivity contribution in [3.8, 4) is 0 Å². The van der Waals surface area contributed by atoms with Crippen molar-refractivity contribution in [2.75, 3.05) is 0 Å². The van der Waals surface area contributed by atoms with E-state index < -0.39 is 6.10 Å². The Hall–Kier alpha value is -0.370. The van der Waals surface area contributed by atoms with Crippen LogP contribution in [0.25, 0.3) is 0 Å². The molecule has 2 heteroatoms. The Kier molecular flexibility index (Phi) is 2.06. The Morgan fingerprint density at radius 2 is 2.09 bits per heavy atom. The molecule has 0 heterocycles. The van der Waals surface area contributed by atoms with Crippen LogP contribution in [0.2, 0.25) is 0 Å². The molecule has 1 N–H and O–H groups in total.